The molecular formula is C15H21N3O2. The van der Waals surface area contributed by atoms with Gasteiger partial charge >= 0.3 is 0 Å². The molecule has 0 spiro atoms. The fraction of sp³-hybridized carbons (Fsp3) is 0.467. The normalized spacial score (nSPS) is 15.4. The fourth-order valence-corrected chi connectivity index (χ4v) is 1.94. The van der Waals surface area contributed by atoms with Crippen molar-refractivity contribution < 1.29 is 9.59 Å². The van der Waals surface area contributed by atoms with E-state index in [4.69, 9.17) is 5.73 Å². The maximum absolute atomic E-state index is 11.8. The second kappa shape index (κ2) is 6.41. The van der Waals surface area contributed by atoms with E-state index < -0.39 is 6.04 Å². The minimum Gasteiger partial charge on any atom is -0.399 e. The van der Waals surface area contributed by atoms with Crippen molar-refractivity contribution in [2.45, 2.75) is 44.7 Å². The lowest BCUT2D eigenvalue weighted by atomic mass is 10.1. The monoisotopic (exact) mass is 275 g/mol. The molecule has 0 saturated heterocycles. The van der Waals surface area contributed by atoms with Crippen molar-refractivity contribution in [3.63, 3.8) is 0 Å². The van der Waals surface area contributed by atoms with Crippen molar-refractivity contribution >= 4 is 17.5 Å². The Labute approximate surface area is 118 Å². The van der Waals surface area contributed by atoms with Gasteiger partial charge in [-0.15, -0.1) is 0 Å². The third kappa shape index (κ3) is 4.57. The summed E-state index contributed by atoms with van der Waals surface area (Å²) in [7, 11) is 0. The van der Waals surface area contributed by atoms with Gasteiger partial charge in [0, 0.05) is 18.2 Å². The van der Waals surface area contributed by atoms with Gasteiger partial charge in [-0.25, -0.2) is 0 Å². The summed E-state index contributed by atoms with van der Waals surface area (Å²) in [6, 6.07) is 7.31. The molecule has 1 aromatic carbocycles. The molecule has 5 heteroatoms. The van der Waals surface area contributed by atoms with Crippen molar-refractivity contribution in [3.8, 4) is 0 Å². The van der Waals surface area contributed by atoms with E-state index in [0.717, 1.165) is 18.4 Å². The van der Waals surface area contributed by atoms with Crippen LogP contribution in [0.3, 0.4) is 0 Å². The second-order valence-electron chi connectivity index (χ2n) is 5.32. The average molecular weight is 275 g/mol. The molecule has 1 atom stereocenters. The lowest BCUT2D eigenvalue weighted by Crippen LogP contribution is -2.45. The van der Waals surface area contributed by atoms with Crippen LogP contribution in [0.4, 0.5) is 5.69 Å². The number of aryl methyl sites for hydroxylation is 1. The minimum absolute atomic E-state index is 0.107. The van der Waals surface area contributed by atoms with Crippen LogP contribution >= 0.6 is 0 Å². The Bertz CT molecular complexity index is 498. The van der Waals surface area contributed by atoms with Gasteiger partial charge in [0.15, 0.2) is 0 Å². The van der Waals surface area contributed by atoms with Gasteiger partial charge in [-0.05, 0) is 43.9 Å². The van der Waals surface area contributed by atoms with E-state index in [1.807, 2.05) is 24.3 Å². The molecule has 20 heavy (non-hydrogen) atoms. The Balaban J connectivity index is 1.72. The Hall–Kier alpha value is -2.04. The van der Waals surface area contributed by atoms with Crippen molar-refractivity contribution in [2.24, 2.45) is 0 Å². The summed E-state index contributed by atoms with van der Waals surface area (Å²) < 4.78 is 0. The van der Waals surface area contributed by atoms with Crippen LogP contribution in [-0.4, -0.2) is 23.9 Å². The van der Waals surface area contributed by atoms with Gasteiger partial charge in [0.05, 0.1) is 0 Å². The van der Waals surface area contributed by atoms with E-state index in [2.05, 4.69) is 10.6 Å². The van der Waals surface area contributed by atoms with Crippen LogP contribution in [0.15, 0.2) is 24.3 Å². The Kier molecular flexibility index (Phi) is 4.61. The van der Waals surface area contributed by atoms with E-state index in [9.17, 15) is 9.59 Å². The molecule has 0 heterocycles. The lowest BCUT2D eigenvalue weighted by molar-refractivity contribution is -0.128. The predicted octanol–water partition coefficient (Wildman–Crippen LogP) is 0.985. The van der Waals surface area contributed by atoms with E-state index >= 15 is 0 Å². The minimum atomic E-state index is -0.482. The highest BCUT2D eigenvalue weighted by molar-refractivity contribution is 5.87. The van der Waals surface area contributed by atoms with Gasteiger partial charge in [-0.2, -0.15) is 0 Å². The summed E-state index contributed by atoms with van der Waals surface area (Å²) in [5.74, 6) is -0.226. The van der Waals surface area contributed by atoms with Gasteiger partial charge in [0.2, 0.25) is 11.8 Å². The summed E-state index contributed by atoms with van der Waals surface area (Å²) in [6.07, 6.45) is 3.06. The van der Waals surface area contributed by atoms with Crippen LogP contribution in [0.5, 0.6) is 0 Å². The third-order valence-electron chi connectivity index (χ3n) is 3.29. The van der Waals surface area contributed by atoms with Crippen molar-refractivity contribution in [1.82, 2.24) is 10.6 Å². The topological polar surface area (TPSA) is 84.2 Å². The number of carbonyl (C=O) groups is 2. The maximum Gasteiger partial charge on any atom is 0.242 e. The van der Waals surface area contributed by atoms with Crippen LogP contribution in [0.1, 0.15) is 31.7 Å². The largest absolute Gasteiger partial charge is 0.399 e. The second-order valence-corrected chi connectivity index (χ2v) is 5.32. The highest BCUT2D eigenvalue weighted by Gasteiger charge is 2.26. The summed E-state index contributed by atoms with van der Waals surface area (Å²) >= 11 is 0. The number of carbonyl (C=O) groups excluding carboxylic acids is 2. The summed E-state index contributed by atoms with van der Waals surface area (Å²) in [5, 5.41) is 5.59. The number of rotatable bonds is 6. The Morgan fingerprint density at radius 1 is 1.40 bits per heavy atom. The molecule has 4 N–H and O–H groups in total. The molecule has 1 aliphatic rings. The van der Waals surface area contributed by atoms with Crippen molar-refractivity contribution in [3.05, 3.63) is 29.8 Å². The molecule has 1 saturated carbocycles. The molecule has 5 nitrogen and oxygen atoms in total. The summed E-state index contributed by atoms with van der Waals surface area (Å²) in [4.78, 5) is 23.5. The number of nitrogen functional groups attached to an aromatic ring is 1. The number of anilines is 1. The zero-order valence-electron chi connectivity index (χ0n) is 11.7. The Morgan fingerprint density at radius 3 is 2.80 bits per heavy atom. The van der Waals surface area contributed by atoms with Crippen LogP contribution in [0.25, 0.3) is 0 Å². The highest BCUT2D eigenvalue weighted by Crippen LogP contribution is 2.18. The number of hydrogen-bond acceptors (Lipinski definition) is 3. The van der Waals surface area contributed by atoms with Gasteiger partial charge in [0.25, 0.3) is 0 Å². The van der Waals surface area contributed by atoms with E-state index in [1.54, 1.807) is 6.92 Å². The Morgan fingerprint density at radius 2 is 2.15 bits per heavy atom. The molecule has 1 fully saturated rings. The third-order valence-corrected chi connectivity index (χ3v) is 3.29. The first-order valence-electron chi connectivity index (χ1n) is 6.99. The molecule has 1 unspecified atom stereocenters. The SMILES string of the molecule is CC(NC(=O)CCc1cccc(N)c1)C(=O)NC1CC1. The number of benzene rings is 1. The summed E-state index contributed by atoms with van der Waals surface area (Å²) in [5.41, 5.74) is 7.40. The molecule has 1 aromatic rings. The van der Waals surface area contributed by atoms with E-state index in [-0.39, 0.29) is 11.8 Å². The van der Waals surface area contributed by atoms with E-state index in [0.29, 0.717) is 24.6 Å². The first-order chi connectivity index (χ1) is 9.54. The number of amides is 2. The maximum atomic E-state index is 11.8. The number of nitrogens with two attached hydrogens (primary N) is 1. The highest BCUT2D eigenvalue weighted by atomic mass is 16.2. The molecule has 0 aliphatic heterocycles. The smallest absolute Gasteiger partial charge is 0.242 e. The number of nitrogens with one attached hydrogen (secondary N) is 2. The van der Waals surface area contributed by atoms with Crippen LogP contribution in [0, 0.1) is 0 Å². The molecule has 0 aromatic heterocycles. The van der Waals surface area contributed by atoms with Gasteiger partial charge in [-0.1, -0.05) is 12.1 Å². The molecule has 2 amide bonds. The van der Waals surface area contributed by atoms with Gasteiger partial charge in [-0.3, -0.25) is 9.59 Å². The van der Waals surface area contributed by atoms with Crippen molar-refractivity contribution in [2.75, 3.05) is 5.73 Å². The zero-order valence-corrected chi connectivity index (χ0v) is 11.7. The van der Waals surface area contributed by atoms with Crippen LogP contribution in [0.2, 0.25) is 0 Å². The molecule has 0 radical (unpaired) electrons. The predicted molar refractivity (Wildman–Crippen MR) is 77.9 cm³/mol. The van der Waals surface area contributed by atoms with Crippen LogP contribution < -0.4 is 16.4 Å². The number of hydrogen-bond donors (Lipinski definition) is 3. The van der Waals surface area contributed by atoms with Crippen molar-refractivity contribution in [1.29, 1.82) is 0 Å². The lowest BCUT2D eigenvalue weighted by Gasteiger charge is -2.13. The molecule has 108 valence electrons. The van der Waals surface area contributed by atoms with Gasteiger partial charge in [0.1, 0.15) is 6.04 Å². The fourth-order valence-electron chi connectivity index (χ4n) is 1.94. The average Bonchev–Trinajstić information content (AvgIpc) is 3.20. The molecule has 1 aliphatic carbocycles. The zero-order chi connectivity index (χ0) is 14.5. The molecular weight excluding hydrogens is 254 g/mol. The van der Waals surface area contributed by atoms with Gasteiger partial charge < -0.3 is 16.4 Å². The first kappa shape index (κ1) is 14.4. The molecule has 0 bridgehead atoms. The standard InChI is InChI=1S/C15H21N3O2/c1-10(15(20)18-13-6-7-13)17-14(19)8-5-11-3-2-4-12(16)9-11/h2-4,9-10,13H,5-8,16H2,1H3,(H,17,19)(H,18,20). The van der Waals surface area contributed by atoms with E-state index in [1.165, 1.54) is 0 Å². The van der Waals surface area contributed by atoms with Crippen LogP contribution in [-0.2, 0) is 16.0 Å². The quantitative estimate of drug-likeness (QED) is 0.677. The summed E-state index contributed by atoms with van der Waals surface area (Å²) in [6.45, 7) is 1.70. The molecule has 2 rings (SSSR count). The first-order valence-corrected chi connectivity index (χ1v) is 6.99.